The van der Waals surface area contributed by atoms with Crippen molar-refractivity contribution >= 4 is 16.7 Å². The highest BCUT2D eigenvalue weighted by molar-refractivity contribution is 5.93. The fourth-order valence-electron chi connectivity index (χ4n) is 2.08. The molecule has 0 spiro atoms. The van der Waals surface area contributed by atoms with Crippen LogP contribution in [0, 0.1) is 6.92 Å². The quantitative estimate of drug-likeness (QED) is 0.721. The number of nitrogens with one attached hydrogen (secondary N) is 2. The summed E-state index contributed by atoms with van der Waals surface area (Å²) in [5.74, 6) is 1.60. The fraction of sp³-hybridized carbons (Fsp3) is 0.143. The minimum atomic E-state index is 0.738. The van der Waals surface area contributed by atoms with Crippen molar-refractivity contribution < 1.29 is 0 Å². The van der Waals surface area contributed by atoms with E-state index in [4.69, 9.17) is 0 Å². The maximum atomic E-state index is 4.54. The van der Waals surface area contributed by atoms with Gasteiger partial charge in [0.2, 0.25) is 0 Å². The minimum absolute atomic E-state index is 0.738. The van der Waals surface area contributed by atoms with E-state index in [1.165, 1.54) is 0 Å². The highest BCUT2D eigenvalue weighted by atomic mass is 15.0. The summed E-state index contributed by atoms with van der Waals surface area (Å²) in [6.45, 7) is 1.99. The predicted octanol–water partition coefficient (Wildman–Crippen LogP) is 2.98. The number of aryl methyl sites for hydroxylation is 1. The molecule has 2 heterocycles. The van der Waals surface area contributed by atoms with Gasteiger partial charge in [-0.3, -0.25) is 0 Å². The Bertz CT molecular complexity index is 700. The summed E-state index contributed by atoms with van der Waals surface area (Å²) in [6, 6.07) is 8.15. The number of hydrogen-bond donors (Lipinski definition) is 2. The first-order chi connectivity index (χ1) is 8.79. The number of hydrogen-bond acceptors (Lipinski definition) is 3. The number of H-pyrrole nitrogens is 1. The molecule has 0 aliphatic heterocycles. The second kappa shape index (κ2) is 4.14. The molecule has 2 N–H and O–H groups in total. The lowest BCUT2D eigenvalue weighted by Gasteiger charge is -2.05. The number of rotatable bonds is 2. The Kier molecular flexibility index (Phi) is 2.48. The fourth-order valence-corrected chi connectivity index (χ4v) is 2.08. The third-order valence-corrected chi connectivity index (χ3v) is 3.04. The molecule has 2 aromatic heterocycles. The van der Waals surface area contributed by atoms with Gasteiger partial charge in [-0.15, -0.1) is 0 Å². The lowest BCUT2D eigenvalue weighted by Crippen LogP contribution is -1.98. The zero-order valence-corrected chi connectivity index (χ0v) is 10.4. The van der Waals surface area contributed by atoms with E-state index in [0.717, 1.165) is 33.7 Å². The zero-order valence-electron chi connectivity index (χ0n) is 10.4. The number of nitrogens with zero attached hydrogens (tertiary/aromatic N) is 2. The standard InChI is InChI=1S/C14H14N4/c1-9-7-17-14(18-13(9)15-2)11-8-16-12-6-4-3-5-10(11)12/h3-8,16H,1-2H3,(H,15,17,18). The summed E-state index contributed by atoms with van der Waals surface area (Å²) in [4.78, 5) is 12.2. The molecule has 0 saturated heterocycles. The molecule has 3 rings (SSSR count). The summed E-state index contributed by atoms with van der Waals surface area (Å²) >= 11 is 0. The van der Waals surface area contributed by atoms with Gasteiger partial charge in [-0.25, -0.2) is 9.97 Å². The number of para-hydroxylation sites is 1. The zero-order chi connectivity index (χ0) is 12.5. The Morgan fingerprint density at radius 3 is 2.89 bits per heavy atom. The first-order valence-corrected chi connectivity index (χ1v) is 5.87. The molecular weight excluding hydrogens is 224 g/mol. The van der Waals surface area contributed by atoms with Crippen LogP contribution in [-0.4, -0.2) is 22.0 Å². The third kappa shape index (κ3) is 1.62. The van der Waals surface area contributed by atoms with Crippen LogP contribution in [0.5, 0.6) is 0 Å². The lowest BCUT2D eigenvalue weighted by molar-refractivity contribution is 1.13. The van der Waals surface area contributed by atoms with E-state index in [2.05, 4.69) is 26.3 Å². The van der Waals surface area contributed by atoms with Gasteiger partial charge in [0.25, 0.3) is 0 Å². The van der Waals surface area contributed by atoms with Crippen LogP contribution >= 0.6 is 0 Å². The number of benzene rings is 1. The van der Waals surface area contributed by atoms with E-state index in [0.29, 0.717) is 0 Å². The molecule has 0 fully saturated rings. The molecule has 0 bridgehead atoms. The summed E-state index contributed by atoms with van der Waals surface area (Å²) in [7, 11) is 1.87. The van der Waals surface area contributed by atoms with E-state index < -0.39 is 0 Å². The Hall–Kier alpha value is -2.36. The van der Waals surface area contributed by atoms with Crippen LogP contribution in [0.15, 0.2) is 36.7 Å². The first kappa shape index (κ1) is 10.8. The number of aromatic nitrogens is 3. The maximum absolute atomic E-state index is 4.54. The van der Waals surface area contributed by atoms with Crippen molar-refractivity contribution in [1.82, 2.24) is 15.0 Å². The van der Waals surface area contributed by atoms with Crippen molar-refractivity contribution in [1.29, 1.82) is 0 Å². The molecule has 90 valence electrons. The van der Waals surface area contributed by atoms with Crippen LogP contribution in [0.1, 0.15) is 5.56 Å². The van der Waals surface area contributed by atoms with E-state index in [-0.39, 0.29) is 0 Å². The highest BCUT2D eigenvalue weighted by Gasteiger charge is 2.09. The Morgan fingerprint density at radius 1 is 1.22 bits per heavy atom. The second-order valence-electron chi connectivity index (χ2n) is 4.22. The summed E-state index contributed by atoms with van der Waals surface area (Å²) in [6.07, 6.45) is 3.80. The van der Waals surface area contributed by atoms with Gasteiger partial charge in [-0.1, -0.05) is 18.2 Å². The Balaban J connectivity index is 2.20. The Labute approximate surface area is 105 Å². The summed E-state index contributed by atoms with van der Waals surface area (Å²) < 4.78 is 0. The molecule has 4 nitrogen and oxygen atoms in total. The maximum Gasteiger partial charge on any atom is 0.163 e. The van der Waals surface area contributed by atoms with Gasteiger partial charge in [-0.05, 0) is 13.0 Å². The van der Waals surface area contributed by atoms with E-state index in [1.807, 2.05) is 44.6 Å². The van der Waals surface area contributed by atoms with Gasteiger partial charge in [-0.2, -0.15) is 0 Å². The second-order valence-corrected chi connectivity index (χ2v) is 4.22. The van der Waals surface area contributed by atoms with Crippen LogP contribution in [0.25, 0.3) is 22.3 Å². The van der Waals surface area contributed by atoms with Gasteiger partial charge in [0.15, 0.2) is 5.82 Å². The largest absolute Gasteiger partial charge is 0.373 e. The molecule has 0 amide bonds. The van der Waals surface area contributed by atoms with Crippen molar-refractivity contribution in [2.24, 2.45) is 0 Å². The Morgan fingerprint density at radius 2 is 2.06 bits per heavy atom. The average Bonchev–Trinajstić information content (AvgIpc) is 2.83. The normalized spacial score (nSPS) is 10.8. The van der Waals surface area contributed by atoms with Gasteiger partial charge in [0.05, 0.1) is 0 Å². The molecule has 0 aliphatic rings. The molecule has 0 atom stereocenters. The minimum Gasteiger partial charge on any atom is -0.373 e. The summed E-state index contributed by atoms with van der Waals surface area (Å²) in [5, 5.41) is 4.23. The lowest BCUT2D eigenvalue weighted by atomic mass is 10.1. The molecule has 0 unspecified atom stereocenters. The number of anilines is 1. The predicted molar refractivity (Wildman–Crippen MR) is 73.6 cm³/mol. The molecule has 0 radical (unpaired) electrons. The van der Waals surface area contributed by atoms with Crippen molar-refractivity contribution in [2.45, 2.75) is 6.92 Å². The number of aromatic amines is 1. The molecule has 0 saturated carbocycles. The average molecular weight is 238 g/mol. The summed E-state index contributed by atoms with van der Waals surface area (Å²) in [5.41, 5.74) is 3.17. The van der Waals surface area contributed by atoms with Crippen LogP contribution < -0.4 is 5.32 Å². The van der Waals surface area contributed by atoms with E-state index in [9.17, 15) is 0 Å². The van der Waals surface area contributed by atoms with Crippen molar-refractivity contribution in [3.8, 4) is 11.4 Å². The molecule has 4 heteroatoms. The molecule has 18 heavy (non-hydrogen) atoms. The van der Waals surface area contributed by atoms with Gasteiger partial charge in [0, 0.05) is 41.5 Å². The molecular formula is C14H14N4. The topological polar surface area (TPSA) is 53.6 Å². The molecule has 3 aromatic rings. The van der Waals surface area contributed by atoms with E-state index >= 15 is 0 Å². The van der Waals surface area contributed by atoms with Gasteiger partial charge in [0.1, 0.15) is 5.82 Å². The van der Waals surface area contributed by atoms with Crippen LogP contribution in [-0.2, 0) is 0 Å². The van der Waals surface area contributed by atoms with Crippen molar-refractivity contribution in [3.05, 3.63) is 42.2 Å². The first-order valence-electron chi connectivity index (χ1n) is 5.87. The van der Waals surface area contributed by atoms with Crippen LogP contribution in [0.2, 0.25) is 0 Å². The third-order valence-electron chi connectivity index (χ3n) is 3.04. The SMILES string of the molecule is CNc1nc(-c2c[nH]c3ccccc23)ncc1C. The molecule has 1 aromatic carbocycles. The van der Waals surface area contributed by atoms with E-state index in [1.54, 1.807) is 0 Å². The van der Waals surface area contributed by atoms with Crippen molar-refractivity contribution in [3.63, 3.8) is 0 Å². The van der Waals surface area contributed by atoms with Crippen molar-refractivity contribution in [2.75, 3.05) is 12.4 Å². The highest BCUT2D eigenvalue weighted by Crippen LogP contribution is 2.26. The number of fused-ring (bicyclic) bond motifs is 1. The monoisotopic (exact) mass is 238 g/mol. The van der Waals surface area contributed by atoms with Crippen LogP contribution in [0.3, 0.4) is 0 Å². The van der Waals surface area contributed by atoms with Gasteiger partial charge < -0.3 is 10.3 Å². The molecule has 0 aliphatic carbocycles. The smallest absolute Gasteiger partial charge is 0.163 e. The van der Waals surface area contributed by atoms with Gasteiger partial charge >= 0.3 is 0 Å². The van der Waals surface area contributed by atoms with Crippen LogP contribution in [0.4, 0.5) is 5.82 Å².